The minimum atomic E-state index is 0.0914. The van der Waals surface area contributed by atoms with Gasteiger partial charge in [-0.1, -0.05) is 13.3 Å². The van der Waals surface area contributed by atoms with E-state index in [2.05, 4.69) is 25.9 Å². The van der Waals surface area contributed by atoms with Crippen molar-refractivity contribution in [2.24, 2.45) is 5.92 Å². The third kappa shape index (κ3) is 3.23. The van der Waals surface area contributed by atoms with Crippen LogP contribution in [0.15, 0.2) is 0 Å². The lowest BCUT2D eigenvalue weighted by atomic mass is 10.0. The summed E-state index contributed by atoms with van der Waals surface area (Å²) in [5.41, 5.74) is 0. The molecule has 2 rings (SSSR count). The molecule has 0 aromatic carbocycles. The van der Waals surface area contributed by atoms with E-state index in [1.807, 2.05) is 4.90 Å². The second-order valence-electron chi connectivity index (χ2n) is 5.57. The molecule has 0 bridgehead atoms. The van der Waals surface area contributed by atoms with Crippen molar-refractivity contribution in [2.45, 2.75) is 19.4 Å². The molecule has 108 valence electrons. The molecule has 2 aliphatic rings. The van der Waals surface area contributed by atoms with Crippen molar-refractivity contribution < 1.29 is 9.59 Å². The fraction of sp³-hybridized carbons (Fsp3) is 0.846. The normalized spacial score (nSPS) is 27.7. The topological polar surface area (TPSA) is 43.9 Å². The summed E-state index contributed by atoms with van der Waals surface area (Å²) < 4.78 is 0. The fourth-order valence-corrected chi connectivity index (χ4v) is 3.75. The van der Waals surface area contributed by atoms with Gasteiger partial charge in [0.05, 0.1) is 11.6 Å². The summed E-state index contributed by atoms with van der Waals surface area (Å²) in [6, 6.07) is 0.442. The summed E-state index contributed by atoms with van der Waals surface area (Å²) >= 11 is 1.58. The minimum absolute atomic E-state index is 0.0914. The van der Waals surface area contributed by atoms with Crippen LogP contribution in [0.5, 0.6) is 0 Å². The van der Waals surface area contributed by atoms with E-state index in [1.54, 1.807) is 16.7 Å². The van der Waals surface area contributed by atoms with Gasteiger partial charge in [0.2, 0.25) is 11.8 Å². The number of likely N-dealkylation sites (tertiary alicyclic amines) is 1. The van der Waals surface area contributed by atoms with E-state index < -0.39 is 0 Å². The van der Waals surface area contributed by atoms with Crippen LogP contribution in [0.1, 0.15) is 13.3 Å². The summed E-state index contributed by atoms with van der Waals surface area (Å²) in [4.78, 5) is 29.6. The predicted octanol–water partition coefficient (Wildman–Crippen LogP) is 0.318. The molecule has 2 heterocycles. The van der Waals surface area contributed by atoms with Gasteiger partial charge in [0.25, 0.3) is 0 Å². The van der Waals surface area contributed by atoms with E-state index >= 15 is 0 Å². The maximum Gasteiger partial charge on any atom is 0.242 e. The van der Waals surface area contributed by atoms with E-state index in [9.17, 15) is 9.59 Å². The Kier molecular flexibility index (Phi) is 4.73. The molecule has 2 atom stereocenters. The Morgan fingerprint density at radius 1 is 1.42 bits per heavy atom. The van der Waals surface area contributed by atoms with Gasteiger partial charge in [-0.15, -0.1) is 11.8 Å². The first kappa shape index (κ1) is 14.7. The Morgan fingerprint density at radius 2 is 2.16 bits per heavy atom. The average molecular weight is 285 g/mol. The van der Waals surface area contributed by atoms with E-state index in [-0.39, 0.29) is 18.4 Å². The molecule has 19 heavy (non-hydrogen) atoms. The lowest BCUT2D eigenvalue weighted by Gasteiger charge is -2.24. The number of thioether (sulfide) groups is 1. The summed E-state index contributed by atoms with van der Waals surface area (Å²) in [5.74, 6) is 1.91. The Morgan fingerprint density at radius 3 is 2.63 bits per heavy atom. The summed E-state index contributed by atoms with van der Waals surface area (Å²) in [6.45, 7) is 4.05. The lowest BCUT2D eigenvalue weighted by Crippen LogP contribution is -2.41. The van der Waals surface area contributed by atoms with Crippen LogP contribution in [0.3, 0.4) is 0 Å². The number of carbonyl (C=O) groups excluding carboxylic acids is 2. The number of carbonyl (C=O) groups is 2. The number of rotatable bonds is 4. The van der Waals surface area contributed by atoms with Crippen LogP contribution in [0.4, 0.5) is 0 Å². The minimum Gasteiger partial charge on any atom is -0.339 e. The molecule has 0 unspecified atom stereocenters. The summed E-state index contributed by atoms with van der Waals surface area (Å²) in [7, 11) is 4.14. The van der Waals surface area contributed by atoms with Gasteiger partial charge < -0.3 is 14.7 Å². The van der Waals surface area contributed by atoms with Crippen LogP contribution < -0.4 is 0 Å². The van der Waals surface area contributed by atoms with Gasteiger partial charge in [0.1, 0.15) is 6.54 Å². The maximum absolute atomic E-state index is 12.3. The standard InChI is InChI=1S/C13H23N3O2S/c1-4-10-5-15(6-11(10)14(2)3)12(17)7-16-9-19-8-13(16)18/h10-11H,4-9H2,1-3H3/t10-,11+/m1/s1. The van der Waals surface area contributed by atoms with Crippen molar-refractivity contribution >= 4 is 23.6 Å². The zero-order valence-corrected chi connectivity index (χ0v) is 12.8. The van der Waals surface area contributed by atoms with Crippen LogP contribution in [0.2, 0.25) is 0 Å². The van der Waals surface area contributed by atoms with Crippen LogP contribution >= 0.6 is 11.8 Å². The van der Waals surface area contributed by atoms with Gasteiger partial charge in [0, 0.05) is 19.1 Å². The smallest absolute Gasteiger partial charge is 0.242 e. The number of hydrogen-bond acceptors (Lipinski definition) is 4. The Bertz CT molecular complexity index is 362. The molecular weight excluding hydrogens is 262 g/mol. The van der Waals surface area contributed by atoms with Crippen LogP contribution in [0, 0.1) is 5.92 Å². The van der Waals surface area contributed by atoms with Gasteiger partial charge in [0.15, 0.2) is 0 Å². The molecule has 0 radical (unpaired) electrons. The third-order valence-corrected chi connectivity index (χ3v) is 5.04. The average Bonchev–Trinajstić information content (AvgIpc) is 2.96. The first-order chi connectivity index (χ1) is 9.02. The second-order valence-corrected chi connectivity index (χ2v) is 6.52. The van der Waals surface area contributed by atoms with E-state index in [1.165, 1.54) is 0 Å². The Balaban J connectivity index is 1.91. The van der Waals surface area contributed by atoms with Crippen LogP contribution in [-0.2, 0) is 9.59 Å². The SMILES string of the molecule is CC[C@@H]1CN(C(=O)CN2CSCC2=O)C[C@@H]1N(C)C. The first-order valence-corrected chi connectivity index (χ1v) is 7.98. The van der Waals surface area contributed by atoms with Gasteiger partial charge >= 0.3 is 0 Å². The van der Waals surface area contributed by atoms with Crippen molar-refractivity contribution in [2.75, 3.05) is 45.4 Å². The molecule has 2 aliphatic heterocycles. The van der Waals surface area contributed by atoms with Gasteiger partial charge in [-0.25, -0.2) is 0 Å². The fourth-order valence-electron chi connectivity index (χ4n) is 2.85. The molecule has 6 heteroatoms. The molecule has 0 saturated carbocycles. The van der Waals surface area contributed by atoms with E-state index in [0.29, 0.717) is 23.6 Å². The monoisotopic (exact) mass is 285 g/mol. The number of hydrogen-bond donors (Lipinski definition) is 0. The molecule has 0 spiro atoms. The number of amides is 2. The van der Waals surface area contributed by atoms with Gasteiger partial charge in [-0.3, -0.25) is 9.59 Å². The number of likely N-dealkylation sites (N-methyl/N-ethyl adjacent to an activating group) is 1. The highest BCUT2D eigenvalue weighted by Crippen LogP contribution is 2.24. The molecule has 2 fully saturated rings. The van der Waals surface area contributed by atoms with Crippen LogP contribution in [0.25, 0.3) is 0 Å². The molecule has 2 saturated heterocycles. The molecule has 2 amide bonds. The summed E-state index contributed by atoms with van der Waals surface area (Å²) in [5, 5.41) is 0. The van der Waals surface area contributed by atoms with Crippen molar-refractivity contribution in [3.05, 3.63) is 0 Å². The first-order valence-electron chi connectivity index (χ1n) is 6.82. The van der Waals surface area contributed by atoms with Crippen molar-refractivity contribution in [3.8, 4) is 0 Å². The zero-order chi connectivity index (χ0) is 14.0. The molecular formula is C13H23N3O2S. The predicted molar refractivity (Wildman–Crippen MR) is 76.9 cm³/mol. The Hall–Kier alpha value is -0.750. The summed E-state index contributed by atoms with van der Waals surface area (Å²) in [6.07, 6.45) is 1.09. The van der Waals surface area contributed by atoms with E-state index in [4.69, 9.17) is 0 Å². The van der Waals surface area contributed by atoms with Gasteiger partial charge in [-0.05, 0) is 20.0 Å². The highest BCUT2D eigenvalue weighted by Gasteiger charge is 2.36. The van der Waals surface area contributed by atoms with Crippen molar-refractivity contribution in [1.82, 2.24) is 14.7 Å². The van der Waals surface area contributed by atoms with E-state index in [0.717, 1.165) is 19.5 Å². The highest BCUT2D eigenvalue weighted by molar-refractivity contribution is 8.00. The molecule has 5 nitrogen and oxygen atoms in total. The molecule has 0 aliphatic carbocycles. The zero-order valence-electron chi connectivity index (χ0n) is 12.0. The molecule has 0 aromatic rings. The van der Waals surface area contributed by atoms with Gasteiger partial charge in [-0.2, -0.15) is 0 Å². The quantitative estimate of drug-likeness (QED) is 0.746. The van der Waals surface area contributed by atoms with Crippen LogP contribution in [-0.4, -0.2) is 77.9 Å². The highest BCUT2D eigenvalue weighted by atomic mass is 32.2. The Labute approximate surface area is 119 Å². The largest absolute Gasteiger partial charge is 0.339 e. The second kappa shape index (κ2) is 6.13. The molecule has 0 N–H and O–H groups in total. The third-order valence-electron chi connectivity index (χ3n) is 4.10. The van der Waals surface area contributed by atoms with Crippen molar-refractivity contribution in [3.63, 3.8) is 0 Å². The number of nitrogens with zero attached hydrogens (tertiary/aromatic N) is 3. The molecule has 0 aromatic heterocycles. The lowest BCUT2D eigenvalue weighted by molar-refractivity contribution is -0.137. The maximum atomic E-state index is 12.3. The van der Waals surface area contributed by atoms with Crippen molar-refractivity contribution in [1.29, 1.82) is 0 Å².